The Labute approximate surface area is 198 Å². The fourth-order valence-electron chi connectivity index (χ4n) is 4.01. The van der Waals surface area contributed by atoms with Gasteiger partial charge in [-0.1, -0.05) is 60.7 Å². The molecule has 176 valence electrons. The van der Waals surface area contributed by atoms with Gasteiger partial charge in [0, 0.05) is 38.3 Å². The number of benzene rings is 3. The van der Waals surface area contributed by atoms with Gasteiger partial charge in [-0.15, -0.1) is 0 Å². The number of ether oxygens (including phenoxy) is 1. The summed E-state index contributed by atoms with van der Waals surface area (Å²) < 4.78 is 18.6. The smallest absolute Gasteiger partial charge is 0.408 e. The minimum Gasteiger partial charge on any atom is -0.445 e. The van der Waals surface area contributed by atoms with Crippen LogP contribution in [0.1, 0.15) is 11.1 Å². The molecule has 0 radical (unpaired) electrons. The number of carbonyl (C=O) groups excluding carboxylic acids is 2. The molecule has 1 saturated heterocycles. The van der Waals surface area contributed by atoms with Gasteiger partial charge in [0.15, 0.2) is 0 Å². The first kappa shape index (κ1) is 23.3. The Morgan fingerprint density at radius 1 is 0.824 bits per heavy atom. The predicted molar refractivity (Wildman–Crippen MR) is 129 cm³/mol. The second-order valence-corrected chi connectivity index (χ2v) is 8.24. The van der Waals surface area contributed by atoms with E-state index in [1.807, 2.05) is 60.7 Å². The Morgan fingerprint density at radius 2 is 1.41 bits per heavy atom. The Bertz CT molecular complexity index is 1070. The maximum absolute atomic E-state index is 13.4. The summed E-state index contributed by atoms with van der Waals surface area (Å²) >= 11 is 0. The molecule has 4 rings (SSSR count). The largest absolute Gasteiger partial charge is 0.445 e. The van der Waals surface area contributed by atoms with Crippen molar-refractivity contribution in [2.24, 2.45) is 0 Å². The Kier molecular flexibility index (Phi) is 7.75. The average Bonchev–Trinajstić information content (AvgIpc) is 2.88. The summed E-state index contributed by atoms with van der Waals surface area (Å²) in [5, 5.41) is 2.77. The number of hydrogen-bond acceptors (Lipinski definition) is 4. The summed E-state index contributed by atoms with van der Waals surface area (Å²) in [7, 11) is 0. The van der Waals surface area contributed by atoms with Crippen LogP contribution in [0.25, 0.3) is 0 Å². The Hall–Kier alpha value is -3.87. The molecule has 0 saturated carbocycles. The van der Waals surface area contributed by atoms with Crippen molar-refractivity contribution in [3.8, 4) is 0 Å². The van der Waals surface area contributed by atoms with Crippen molar-refractivity contribution in [1.29, 1.82) is 0 Å². The van der Waals surface area contributed by atoms with Crippen LogP contribution in [0.5, 0.6) is 0 Å². The normalized spacial score (nSPS) is 14.4. The molecule has 0 spiro atoms. The van der Waals surface area contributed by atoms with Crippen LogP contribution in [-0.4, -0.2) is 49.1 Å². The van der Waals surface area contributed by atoms with Crippen LogP contribution in [0.15, 0.2) is 84.9 Å². The minimum atomic E-state index is -0.733. The van der Waals surface area contributed by atoms with Crippen LogP contribution < -0.4 is 10.2 Å². The van der Waals surface area contributed by atoms with Crippen molar-refractivity contribution in [2.75, 3.05) is 31.1 Å². The second kappa shape index (κ2) is 11.3. The lowest BCUT2D eigenvalue weighted by Gasteiger charge is -2.37. The lowest BCUT2D eigenvalue weighted by molar-refractivity contribution is -0.133. The standard InChI is InChI=1S/C27H28FN3O3/c28-23-11-13-24(14-12-23)30-15-17-31(18-16-30)26(32)25(19-21-7-3-1-4-8-21)29-27(33)34-20-22-9-5-2-6-10-22/h1-14,25H,15-20H2,(H,29,33). The van der Waals surface area contributed by atoms with E-state index in [-0.39, 0.29) is 18.3 Å². The molecule has 1 fully saturated rings. The molecule has 0 bridgehead atoms. The Morgan fingerprint density at radius 3 is 2.03 bits per heavy atom. The molecule has 1 N–H and O–H groups in total. The first-order valence-electron chi connectivity index (χ1n) is 11.4. The molecule has 6 nitrogen and oxygen atoms in total. The summed E-state index contributed by atoms with van der Waals surface area (Å²) in [6.07, 6.45) is -0.249. The van der Waals surface area contributed by atoms with Gasteiger partial charge in [0.1, 0.15) is 18.5 Å². The monoisotopic (exact) mass is 461 g/mol. The van der Waals surface area contributed by atoms with Crippen LogP contribution in [-0.2, 0) is 22.6 Å². The van der Waals surface area contributed by atoms with Crippen molar-refractivity contribution < 1.29 is 18.7 Å². The van der Waals surface area contributed by atoms with Gasteiger partial charge in [-0.2, -0.15) is 0 Å². The maximum Gasteiger partial charge on any atom is 0.408 e. The van der Waals surface area contributed by atoms with E-state index in [1.165, 1.54) is 12.1 Å². The van der Waals surface area contributed by atoms with E-state index in [1.54, 1.807) is 17.0 Å². The second-order valence-electron chi connectivity index (χ2n) is 8.24. The number of anilines is 1. The molecule has 1 aliphatic heterocycles. The van der Waals surface area contributed by atoms with E-state index in [9.17, 15) is 14.0 Å². The van der Waals surface area contributed by atoms with Crippen molar-refractivity contribution in [2.45, 2.75) is 19.1 Å². The molecule has 34 heavy (non-hydrogen) atoms. The van der Waals surface area contributed by atoms with Gasteiger partial charge in [0.05, 0.1) is 0 Å². The van der Waals surface area contributed by atoms with Crippen LogP contribution >= 0.6 is 0 Å². The van der Waals surface area contributed by atoms with Crippen molar-refractivity contribution in [3.63, 3.8) is 0 Å². The zero-order valence-electron chi connectivity index (χ0n) is 18.9. The van der Waals surface area contributed by atoms with E-state index >= 15 is 0 Å². The summed E-state index contributed by atoms with van der Waals surface area (Å²) in [6.45, 7) is 2.43. The van der Waals surface area contributed by atoms with Gasteiger partial charge >= 0.3 is 6.09 Å². The molecule has 0 aromatic heterocycles. The maximum atomic E-state index is 13.4. The van der Waals surface area contributed by atoms with Gasteiger partial charge in [-0.25, -0.2) is 9.18 Å². The van der Waals surface area contributed by atoms with Crippen LogP contribution in [0.3, 0.4) is 0 Å². The molecule has 7 heteroatoms. The highest BCUT2D eigenvalue weighted by atomic mass is 19.1. The predicted octanol–water partition coefficient (Wildman–Crippen LogP) is 4.01. The fourth-order valence-corrected chi connectivity index (χ4v) is 4.01. The highest BCUT2D eigenvalue weighted by Crippen LogP contribution is 2.18. The average molecular weight is 462 g/mol. The number of hydrogen-bond donors (Lipinski definition) is 1. The van der Waals surface area contributed by atoms with E-state index in [4.69, 9.17) is 4.74 Å². The number of halogens is 1. The van der Waals surface area contributed by atoms with Crippen molar-refractivity contribution in [3.05, 3.63) is 102 Å². The van der Waals surface area contributed by atoms with Gasteiger partial charge in [0.2, 0.25) is 5.91 Å². The molecule has 3 aromatic rings. The number of carbonyl (C=O) groups is 2. The number of rotatable bonds is 7. The van der Waals surface area contributed by atoms with E-state index in [0.29, 0.717) is 32.6 Å². The number of amides is 2. The van der Waals surface area contributed by atoms with E-state index in [2.05, 4.69) is 10.2 Å². The number of alkyl carbamates (subject to hydrolysis) is 1. The summed E-state index contributed by atoms with van der Waals surface area (Å²) in [5.74, 6) is -0.411. The molecule has 0 aliphatic carbocycles. The topological polar surface area (TPSA) is 61.9 Å². The van der Waals surface area contributed by atoms with E-state index < -0.39 is 12.1 Å². The highest BCUT2D eigenvalue weighted by Gasteiger charge is 2.29. The molecule has 2 amide bonds. The van der Waals surface area contributed by atoms with Gasteiger partial charge in [-0.3, -0.25) is 4.79 Å². The van der Waals surface area contributed by atoms with Gasteiger partial charge in [0.25, 0.3) is 0 Å². The third-order valence-electron chi connectivity index (χ3n) is 5.87. The SMILES string of the molecule is O=C(NC(Cc1ccccc1)C(=O)N1CCN(c2ccc(F)cc2)CC1)OCc1ccccc1. The number of nitrogens with zero attached hydrogens (tertiary/aromatic N) is 2. The van der Waals surface area contributed by atoms with Crippen molar-refractivity contribution in [1.82, 2.24) is 10.2 Å². The zero-order chi connectivity index (χ0) is 23.8. The van der Waals surface area contributed by atoms with Crippen molar-refractivity contribution >= 4 is 17.7 Å². The first-order chi connectivity index (χ1) is 16.6. The third kappa shape index (κ3) is 6.34. The molecule has 1 unspecified atom stereocenters. The number of nitrogens with one attached hydrogen (secondary N) is 1. The van der Waals surface area contributed by atoms with Crippen LogP contribution in [0, 0.1) is 5.82 Å². The molecule has 1 atom stereocenters. The molecular formula is C27H28FN3O3. The van der Waals surface area contributed by atoms with E-state index in [0.717, 1.165) is 16.8 Å². The van der Waals surface area contributed by atoms with Gasteiger partial charge < -0.3 is 19.9 Å². The summed E-state index contributed by atoms with van der Waals surface area (Å²) in [5.41, 5.74) is 2.76. The molecule has 1 aliphatic rings. The third-order valence-corrected chi connectivity index (χ3v) is 5.87. The quantitative estimate of drug-likeness (QED) is 0.578. The molecule has 3 aromatic carbocycles. The molecule has 1 heterocycles. The van der Waals surface area contributed by atoms with Crippen LogP contribution in [0.2, 0.25) is 0 Å². The van der Waals surface area contributed by atoms with Gasteiger partial charge in [-0.05, 0) is 35.4 Å². The minimum absolute atomic E-state index is 0.134. The zero-order valence-corrected chi connectivity index (χ0v) is 18.9. The first-order valence-corrected chi connectivity index (χ1v) is 11.4. The van der Waals surface area contributed by atoms with Crippen LogP contribution in [0.4, 0.5) is 14.9 Å². The fraction of sp³-hybridized carbons (Fsp3) is 0.259. The number of piperazine rings is 1. The summed E-state index contributed by atoms with van der Waals surface area (Å²) in [4.78, 5) is 29.8. The summed E-state index contributed by atoms with van der Waals surface area (Å²) in [6, 6.07) is 24.6. The highest BCUT2D eigenvalue weighted by molar-refractivity contribution is 5.86. The lowest BCUT2D eigenvalue weighted by Crippen LogP contribution is -2.55. The molecular weight excluding hydrogens is 433 g/mol. The lowest BCUT2D eigenvalue weighted by atomic mass is 10.0. The Balaban J connectivity index is 1.38.